The monoisotopic (exact) mass is 191 g/mol. The molecular weight excluding hydrogens is 174 g/mol. The highest BCUT2D eigenvalue weighted by Crippen LogP contribution is 2.13. The minimum absolute atomic E-state index is 0.377. The van der Waals surface area contributed by atoms with Gasteiger partial charge in [-0.1, -0.05) is 0 Å². The van der Waals surface area contributed by atoms with Gasteiger partial charge in [0.25, 0.3) is 0 Å². The summed E-state index contributed by atoms with van der Waals surface area (Å²) < 4.78 is 0. The van der Waals surface area contributed by atoms with Crippen molar-refractivity contribution in [3.8, 4) is 0 Å². The summed E-state index contributed by atoms with van der Waals surface area (Å²) in [4.78, 5) is 4.56. The molecule has 0 aliphatic carbocycles. The first-order valence-corrected chi connectivity index (χ1v) is 5.15. The Morgan fingerprint density at radius 3 is 2.79 bits per heavy atom. The molecule has 0 amide bonds. The number of hydrogen-bond acceptors (Lipinski definition) is 3. The lowest BCUT2D eigenvalue weighted by molar-refractivity contribution is 0.422. The summed E-state index contributed by atoms with van der Waals surface area (Å²) in [5.74, 6) is 0. The zero-order valence-corrected chi connectivity index (χ0v) is 8.80. The number of pyridine rings is 1. The first kappa shape index (κ1) is 9.62. The van der Waals surface area contributed by atoms with Gasteiger partial charge < -0.3 is 10.6 Å². The Kier molecular flexibility index (Phi) is 2.79. The van der Waals surface area contributed by atoms with Crippen molar-refractivity contribution in [1.29, 1.82) is 0 Å². The molecule has 3 nitrogen and oxygen atoms in total. The van der Waals surface area contributed by atoms with Crippen LogP contribution in [-0.4, -0.2) is 24.6 Å². The van der Waals surface area contributed by atoms with Gasteiger partial charge in [0.15, 0.2) is 0 Å². The van der Waals surface area contributed by atoms with Gasteiger partial charge in [0.1, 0.15) is 0 Å². The van der Waals surface area contributed by atoms with Gasteiger partial charge in [0.05, 0.1) is 11.7 Å². The second-order valence-electron chi connectivity index (χ2n) is 3.92. The molecule has 1 aromatic rings. The molecule has 1 fully saturated rings. The molecule has 2 heterocycles. The summed E-state index contributed by atoms with van der Waals surface area (Å²) in [6.07, 6.45) is 0. The fraction of sp³-hybridized carbons (Fsp3) is 0.545. The summed E-state index contributed by atoms with van der Waals surface area (Å²) in [5.41, 5.74) is 3.56. The Balaban J connectivity index is 2.21. The van der Waals surface area contributed by atoms with Crippen molar-refractivity contribution in [3.63, 3.8) is 0 Å². The number of nitrogens with one attached hydrogen (secondary N) is 2. The molecule has 0 aromatic carbocycles. The standard InChI is InChI=1S/C11H17N3/c1-8-5-9(2)14-10(6-8)11-7-12-3-4-13-11/h5-6,11-13H,3-4,7H2,1-2H3. The SMILES string of the molecule is Cc1cc(C)nc(C2CNCCN2)c1. The molecule has 0 radical (unpaired) electrons. The van der Waals surface area contributed by atoms with Crippen molar-refractivity contribution in [3.05, 3.63) is 29.1 Å². The zero-order chi connectivity index (χ0) is 9.97. The largest absolute Gasteiger partial charge is 0.314 e. The van der Waals surface area contributed by atoms with Gasteiger partial charge in [-0.15, -0.1) is 0 Å². The number of aryl methyl sites for hydroxylation is 2. The molecule has 1 aliphatic heterocycles. The summed E-state index contributed by atoms with van der Waals surface area (Å²) in [6.45, 7) is 7.23. The fourth-order valence-electron chi connectivity index (χ4n) is 1.91. The molecule has 76 valence electrons. The Morgan fingerprint density at radius 2 is 2.14 bits per heavy atom. The van der Waals surface area contributed by atoms with Crippen LogP contribution in [0.4, 0.5) is 0 Å². The molecule has 14 heavy (non-hydrogen) atoms. The molecule has 1 aliphatic rings. The molecule has 0 spiro atoms. The number of aromatic nitrogens is 1. The number of hydrogen-bond donors (Lipinski definition) is 2. The van der Waals surface area contributed by atoms with Gasteiger partial charge in [-0.2, -0.15) is 0 Å². The van der Waals surface area contributed by atoms with Crippen LogP contribution in [0.2, 0.25) is 0 Å². The van der Waals surface area contributed by atoms with Gasteiger partial charge in [-0.05, 0) is 31.5 Å². The molecule has 3 heteroatoms. The Labute approximate surface area is 84.9 Å². The highest BCUT2D eigenvalue weighted by molar-refractivity contribution is 5.22. The Bertz CT molecular complexity index is 296. The van der Waals surface area contributed by atoms with E-state index in [0.717, 1.165) is 31.0 Å². The predicted molar refractivity (Wildman–Crippen MR) is 57.3 cm³/mol. The first-order chi connectivity index (χ1) is 6.75. The second-order valence-corrected chi connectivity index (χ2v) is 3.92. The van der Waals surface area contributed by atoms with E-state index in [2.05, 4.69) is 34.7 Å². The van der Waals surface area contributed by atoms with Crippen LogP contribution in [0.15, 0.2) is 12.1 Å². The normalized spacial score (nSPS) is 22.3. The highest BCUT2D eigenvalue weighted by Gasteiger charge is 2.15. The average Bonchev–Trinajstić information content (AvgIpc) is 2.18. The molecular formula is C11H17N3. The van der Waals surface area contributed by atoms with Gasteiger partial charge in [0, 0.05) is 25.3 Å². The second kappa shape index (κ2) is 4.07. The lowest BCUT2D eigenvalue weighted by atomic mass is 10.1. The highest BCUT2D eigenvalue weighted by atomic mass is 15.1. The lowest BCUT2D eigenvalue weighted by Crippen LogP contribution is -2.43. The van der Waals surface area contributed by atoms with Gasteiger partial charge >= 0.3 is 0 Å². The van der Waals surface area contributed by atoms with Gasteiger partial charge in [-0.25, -0.2) is 0 Å². The van der Waals surface area contributed by atoms with Crippen LogP contribution in [-0.2, 0) is 0 Å². The van der Waals surface area contributed by atoms with Gasteiger partial charge in [0.2, 0.25) is 0 Å². The van der Waals surface area contributed by atoms with Crippen molar-refractivity contribution in [2.24, 2.45) is 0 Å². The van der Waals surface area contributed by atoms with Crippen molar-refractivity contribution < 1.29 is 0 Å². The van der Waals surface area contributed by atoms with E-state index >= 15 is 0 Å². The fourth-order valence-corrected chi connectivity index (χ4v) is 1.91. The number of rotatable bonds is 1. The summed E-state index contributed by atoms with van der Waals surface area (Å²) in [6, 6.07) is 4.65. The van der Waals surface area contributed by atoms with E-state index in [-0.39, 0.29) is 0 Å². The Hall–Kier alpha value is -0.930. The smallest absolute Gasteiger partial charge is 0.0622 e. The first-order valence-electron chi connectivity index (χ1n) is 5.15. The molecule has 1 aromatic heterocycles. The number of piperazine rings is 1. The van der Waals surface area contributed by atoms with Crippen LogP contribution in [0.1, 0.15) is 23.0 Å². The minimum atomic E-state index is 0.377. The van der Waals surface area contributed by atoms with E-state index in [0.29, 0.717) is 6.04 Å². The maximum Gasteiger partial charge on any atom is 0.0622 e. The average molecular weight is 191 g/mol. The maximum absolute atomic E-state index is 4.56. The van der Waals surface area contributed by atoms with E-state index in [1.165, 1.54) is 5.56 Å². The lowest BCUT2D eigenvalue weighted by Gasteiger charge is -2.24. The maximum atomic E-state index is 4.56. The predicted octanol–water partition coefficient (Wildman–Crippen LogP) is 0.932. The van der Waals surface area contributed by atoms with Crippen LogP contribution < -0.4 is 10.6 Å². The van der Waals surface area contributed by atoms with Gasteiger partial charge in [-0.3, -0.25) is 4.98 Å². The van der Waals surface area contributed by atoms with Crippen LogP contribution in [0.3, 0.4) is 0 Å². The molecule has 2 rings (SSSR count). The molecule has 0 bridgehead atoms. The zero-order valence-electron chi connectivity index (χ0n) is 8.80. The Morgan fingerprint density at radius 1 is 1.29 bits per heavy atom. The van der Waals surface area contributed by atoms with E-state index in [9.17, 15) is 0 Å². The van der Waals surface area contributed by atoms with Crippen LogP contribution in [0.25, 0.3) is 0 Å². The van der Waals surface area contributed by atoms with E-state index in [4.69, 9.17) is 0 Å². The number of nitrogens with zero attached hydrogens (tertiary/aromatic N) is 1. The van der Waals surface area contributed by atoms with Crippen LogP contribution in [0.5, 0.6) is 0 Å². The molecule has 1 unspecified atom stereocenters. The summed E-state index contributed by atoms with van der Waals surface area (Å²) >= 11 is 0. The van der Waals surface area contributed by atoms with E-state index < -0.39 is 0 Å². The molecule has 1 atom stereocenters. The van der Waals surface area contributed by atoms with Crippen LogP contribution in [0, 0.1) is 13.8 Å². The van der Waals surface area contributed by atoms with Crippen molar-refractivity contribution >= 4 is 0 Å². The topological polar surface area (TPSA) is 37.0 Å². The third-order valence-corrected chi connectivity index (χ3v) is 2.52. The molecule has 2 N–H and O–H groups in total. The van der Waals surface area contributed by atoms with Crippen molar-refractivity contribution in [2.75, 3.05) is 19.6 Å². The summed E-state index contributed by atoms with van der Waals surface area (Å²) in [7, 11) is 0. The third-order valence-electron chi connectivity index (χ3n) is 2.52. The minimum Gasteiger partial charge on any atom is -0.314 e. The van der Waals surface area contributed by atoms with Crippen molar-refractivity contribution in [2.45, 2.75) is 19.9 Å². The molecule has 1 saturated heterocycles. The van der Waals surface area contributed by atoms with E-state index in [1.807, 2.05) is 6.92 Å². The summed E-state index contributed by atoms with van der Waals surface area (Å²) in [5, 5.41) is 6.83. The molecule has 0 saturated carbocycles. The van der Waals surface area contributed by atoms with E-state index in [1.54, 1.807) is 0 Å². The van der Waals surface area contributed by atoms with Crippen molar-refractivity contribution in [1.82, 2.24) is 15.6 Å². The quantitative estimate of drug-likeness (QED) is 0.693. The third kappa shape index (κ3) is 2.11. The van der Waals surface area contributed by atoms with Crippen LogP contribution >= 0.6 is 0 Å².